The molecule has 0 bridgehead atoms. The summed E-state index contributed by atoms with van der Waals surface area (Å²) in [5.41, 5.74) is 1.85. The maximum absolute atomic E-state index is 13.6. The highest BCUT2D eigenvalue weighted by atomic mass is 79.9. The first-order valence-corrected chi connectivity index (χ1v) is 12.2. The van der Waals surface area contributed by atoms with Gasteiger partial charge in [-0.25, -0.2) is 8.42 Å². The van der Waals surface area contributed by atoms with Crippen LogP contribution in [0.25, 0.3) is 4.48 Å². The molecule has 0 atom stereocenters. The smallest absolute Gasteiger partial charge is 0.264 e. The first kappa shape index (κ1) is 24.5. The van der Waals surface area contributed by atoms with E-state index in [1.54, 1.807) is 67.8 Å². The third-order valence-electron chi connectivity index (χ3n) is 5.11. The zero-order valence-electron chi connectivity index (χ0n) is 18.7. The van der Waals surface area contributed by atoms with E-state index in [4.69, 9.17) is 9.47 Å². The van der Waals surface area contributed by atoms with E-state index in [9.17, 15) is 13.2 Å². The Bertz CT molecular complexity index is 1270. The Kier molecular flexibility index (Phi) is 7.61. The first-order chi connectivity index (χ1) is 15.7. The van der Waals surface area contributed by atoms with Crippen LogP contribution in [0.5, 0.6) is 11.5 Å². The van der Waals surface area contributed by atoms with E-state index < -0.39 is 15.8 Å². The molecular weight excluding hydrogens is 506 g/mol. The third kappa shape index (κ3) is 5.29. The topological polar surface area (TPSA) is 72.9 Å². The summed E-state index contributed by atoms with van der Waals surface area (Å²) in [5, 5.41) is 0. The van der Waals surface area contributed by atoms with Gasteiger partial charge < -0.3 is 9.47 Å². The van der Waals surface area contributed by atoms with Crippen LogP contribution in [0, 0.1) is 6.92 Å². The lowest BCUT2D eigenvalue weighted by Crippen LogP contribution is -2.31. The van der Waals surface area contributed by atoms with Gasteiger partial charge in [-0.05, 0) is 76.9 Å². The van der Waals surface area contributed by atoms with Crippen LogP contribution < -0.4 is 9.47 Å². The van der Waals surface area contributed by atoms with Gasteiger partial charge >= 0.3 is 0 Å². The summed E-state index contributed by atoms with van der Waals surface area (Å²) in [7, 11) is 0.448. The quantitative estimate of drug-likeness (QED) is 0.293. The lowest BCUT2D eigenvalue weighted by Gasteiger charge is -2.24. The lowest BCUT2D eigenvalue weighted by molar-refractivity contribution is 0.101. The van der Waals surface area contributed by atoms with E-state index in [0.717, 1.165) is 9.87 Å². The third-order valence-corrected chi connectivity index (χ3v) is 7.72. The Morgan fingerprint density at radius 2 is 1.24 bits per heavy atom. The van der Waals surface area contributed by atoms with Crippen molar-refractivity contribution in [1.29, 1.82) is 0 Å². The summed E-state index contributed by atoms with van der Waals surface area (Å²) in [6.45, 7) is 1.87. The number of rotatable bonds is 8. The maximum Gasteiger partial charge on any atom is 0.264 e. The van der Waals surface area contributed by atoms with E-state index in [1.807, 2.05) is 6.92 Å². The molecule has 3 aromatic rings. The molecule has 3 aromatic carbocycles. The molecule has 0 aromatic heterocycles. The second kappa shape index (κ2) is 10.2. The standard InChI is InChI=1S/C25H24BrNO5S/c1-17-5-15-22(16-6-17)33(29,30)27(2)24(23(26)18-7-11-20(31-3)12-8-18)25(28)19-9-13-21(32-4)14-10-19/h5-16H,1-4H3/b24-23+. The van der Waals surface area contributed by atoms with E-state index in [0.29, 0.717) is 27.1 Å². The maximum atomic E-state index is 13.6. The number of hydrogen-bond acceptors (Lipinski definition) is 5. The molecule has 0 amide bonds. The largest absolute Gasteiger partial charge is 0.497 e. The fraction of sp³-hybridized carbons (Fsp3) is 0.160. The van der Waals surface area contributed by atoms with Crippen molar-refractivity contribution < 1.29 is 22.7 Å². The Balaban J connectivity index is 2.16. The lowest BCUT2D eigenvalue weighted by atomic mass is 10.1. The number of benzene rings is 3. The van der Waals surface area contributed by atoms with Gasteiger partial charge in [0.2, 0.25) is 5.78 Å². The predicted molar refractivity (Wildman–Crippen MR) is 132 cm³/mol. The molecule has 3 rings (SSSR count). The van der Waals surface area contributed by atoms with Gasteiger partial charge in [0.15, 0.2) is 0 Å². The van der Waals surface area contributed by atoms with Crippen molar-refractivity contribution in [2.75, 3.05) is 21.3 Å². The molecule has 0 spiro atoms. The number of aryl methyl sites for hydroxylation is 1. The van der Waals surface area contributed by atoms with E-state index in [2.05, 4.69) is 15.9 Å². The monoisotopic (exact) mass is 529 g/mol. The summed E-state index contributed by atoms with van der Waals surface area (Å²) in [4.78, 5) is 13.7. The van der Waals surface area contributed by atoms with Gasteiger partial charge in [0.1, 0.15) is 17.2 Å². The number of allylic oxidation sites excluding steroid dienone is 1. The van der Waals surface area contributed by atoms with Crippen LogP contribution in [0.4, 0.5) is 0 Å². The molecule has 0 radical (unpaired) electrons. The second-order valence-corrected chi connectivity index (χ2v) is 10.00. The summed E-state index contributed by atoms with van der Waals surface area (Å²) in [6, 6.07) is 20.0. The molecule has 0 N–H and O–H groups in total. The van der Waals surface area contributed by atoms with E-state index in [-0.39, 0.29) is 10.6 Å². The molecule has 0 aliphatic rings. The predicted octanol–water partition coefficient (Wildman–Crippen LogP) is 5.28. The Hall–Kier alpha value is -3.10. The summed E-state index contributed by atoms with van der Waals surface area (Å²) in [6.07, 6.45) is 0. The molecule has 0 unspecified atom stereocenters. The molecule has 6 nitrogen and oxygen atoms in total. The fourth-order valence-electron chi connectivity index (χ4n) is 3.12. The number of Topliss-reactive ketones (excluding diaryl/α,β-unsaturated/α-hetero) is 1. The number of likely N-dealkylation sites (N-methyl/N-ethyl adjacent to an activating group) is 1. The number of nitrogens with zero attached hydrogens (tertiary/aromatic N) is 1. The van der Waals surface area contributed by atoms with Crippen LogP contribution in [0.15, 0.2) is 83.4 Å². The molecule has 0 aliphatic heterocycles. The molecule has 8 heteroatoms. The van der Waals surface area contributed by atoms with Gasteiger partial charge in [0, 0.05) is 12.6 Å². The highest BCUT2D eigenvalue weighted by molar-refractivity contribution is 9.15. The number of hydrogen-bond donors (Lipinski definition) is 0. The van der Waals surface area contributed by atoms with Crippen LogP contribution in [-0.2, 0) is 10.0 Å². The zero-order valence-corrected chi connectivity index (χ0v) is 21.1. The van der Waals surface area contributed by atoms with Crippen molar-refractivity contribution in [1.82, 2.24) is 4.31 Å². The number of methoxy groups -OCH3 is 2. The Morgan fingerprint density at radius 3 is 1.70 bits per heavy atom. The molecule has 0 fully saturated rings. The molecular formula is C25H24BrNO5S. The molecule has 33 heavy (non-hydrogen) atoms. The molecule has 0 saturated heterocycles. The SMILES string of the molecule is COc1ccc(C(=O)/C(=C(\Br)c2ccc(OC)cc2)N(C)S(=O)(=O)c2ccc(C)cc2)cc1. The van der Waals surface area contributed by atoms with Crippen LogP contribution >= 0.6 is 15.9 Å². The highest BCUT2D eigenvalue weighted by Crippen LogP contribution is 2.33. The van der Waals surface area contributed by atoms with Gasteiger partial charge in [-0.3, -0.25) is 9.10 Å². The normalized spacial score (nSPS) is 12.0. The first-order valence-electron chi connectivity index (χ1n) is 9.97. The number of ketones is 1. The average molecular weight is 530 g/mol. The minimum atomic E-state index is -4.01. The van der Waals surface area contributed by atoms with Gasteiger partial charge in [-0.2, -0.15) is 0 Å². The number of ether oxygens (including phenoxy) is 2. The van der Waals surface area contributed by atoms with Crippen LogP contribution in [0.1, 0.15) is 21.5 Å². The van der Waals surface area contributed by atoms with Crippen LogP contribution in [0.3, 0.4) is 0 Å². The van der Waals surface area contributed by atoms with Crippen molar-refractivity contribution in [2.24, 2.45) is 0 Å². The summed E-state index contributed by atoms with van der Waals surface area (Å²) >= 11 is 3.49. The van der Waals surface area contributed by atoms with E-state index >= 15 is 0 Å². The van der Waals surface area contributed by atoms with Crippen molar-refractivity contribution in [3.05, 3.63) is 95.2 Å². The van der Waals surface area contributed by atoms with Crippen molar-refractivity contribution in [3.8, 4) is 11.5 Å². The summed E-state index contributed by atoms with van der Waals surface area (Å²) < 4.78 is 38.6. The van der Waals surface area contributed by atoms with Gasteiger partial charge in [0.05, 0.1) is 23.6 Å². The van der Waals surface area contributed by atoms with Crippen LogP contribution in [-0.4, -0.2) is 39.8 Å². The van der Waals surface area contributed by atoms with Gasteiger partial charge in [-0.15, -0.1) is 0 Å². The average Bonchev–Trinajstić information content (AvgIpc) is 2.84. The minimum Gasteiger partial charge on any atom is -0.497 e. The van der Waals surface area contributed by atoms with Crippen molar-refractivity contribution in [2.45, 2.75) is 11.8 Å². The fourth-order valence-corrected chi connectivity index (χ4v) is 5.16. The van der Waals surface area contributed by atoms with Gasteiger partial charge in [0.25, 0.3) is 10.0 Å². The molecule has 0 heterocycles. The Labute approximate surface area is 202 Å². The minimum absolute atomic E-state index is 0.0223. The number of halogens is 1. The van der Waals surface area contributed by atoms with E-state index in [1.165, 1.54) is 26.3 Å². The highest BCUT2D eigenvalue weighted by Gasteiger charge is 2.30. The zero-order chi connectivity index (χ0) is 24.2. The molecule has 0 saturated carbocycles. The molecule has 172 valence electrons. The van der Waals surface area contributed by atoms with Crippen molar-refractivity contribution in [3.63, 3.8) is 0 Å². The number of sulfonamides is 1. The van der Waals surface area contributed by atoms with Crippen LogP contribution in [0.2, 0.25) is 0 Å². The Morgan fingerprint density at radius 1 is 0.788 bits per heavy atom. The number of carbonyl (C=O) groups excluding carboxylic acids is 1. The van der Waals surface area contributed by atoms with Crippen molar-refractivity contribution >= 4 is 36.2 Å². The van der Waals surface area contributed by atoms with Gasteiger partial charge in [-0.1, -0.05) is 29.8 Å². The summed E-state index contributed by atoms with van der Waals surface area (Å²) in [5.74, 6) is 0.771. The second-order valence-electron chi connectivity index (χ2n) is 7.23. The molecule has 0 aliphatic carbocycles. The number of carbonyl (C=O) groups is 1.